The number of sulfonamides is 1. The predicted octanol–water partition coefficient (Wildman–Crippen LogP) is 3.42. The van der Waals surface area contributed by atoms with E-state index in [-0.39, 0.29) is 16.2 Å². The van der Waals surface area contributed by atoms with Crippen molar-refractivity contribution < 1.29 is 13.2 Å². The van der Waals surface area contributed by atoms with Crippen LogP contribution in [0, 0.1) is 5.92 Å². The SMILES string of the molecule is CC(C1CC1)N(C)C(=O)c1cccc(NS(=O)(=O)c2cccs2)c1. The normalized spacial score (nSPS) is 15.8. The zero-order valence-corrected chi connectivity index (χ0v) is 15.2. The van der Waals surface area contributed by atoms with Gasteiger partial charge in [0.1, 0.15) is 4.21 Å². The van der Waals surface area contributed by atoms with Gasteiger partial charge >= 0.3 is 0 Å². The fourth-order valence-corrected chi connectivity index (χ4v) is 4.66. The monoisotopic (exact) mass is 364 g/mol. The van der Waals surface area contributed by atoms with Crippen molar-refractivity contribution in [1.82, 2.24) is 4.90 Å². The quantitative estimate of drug-likeness (QED) is 0.854. The third kappa shape index (κ3) is 3.62. The topological polar surface area (TPSA) is 66.5 Å². The molecule has 1 saturated carbocycles. The van der Waals surface area contributed by atoms with Crippen LogP contribution in [0.15, 0.2) is 46.0 Å². The van der Waals surface area contributed by atoms with E-state index in [1.165, 1.54) is 12.8 Å². The van der Waals surface area contributed by atoms with Crippen LogP contribution in [0.1, 0.15) is 30.1 Å². The number of hydrogen-bond acceptors (Lipinski definition) is 4. The number of nitrogens with one attached hydrogen (secondary N) is 1. The summed E-state index contributed by atoms with van der Waals surface area (Å²) in [7, 11) is -1.81. The molecule has 1 unspecified atom stereocenters. The Morgan fingerprint density at radius 1 is 1.29 bits per heavy atom. The van der Waals surface area contributed by atoms with Crippen LogP contribution >= 0.6 is 11.3 Å². The van der Waals surface area contributed by atoms with Crippen molar-refractivity contribution >= 4 is 33.0 Å². The van der Waals surface area contributed by atoms with Gasteiger partial charge in [-0.2, -0.15) is 0 Å². The van der Waals surface area contributed by atoms with Gasteiger partial charge in [-0.05, 0) is 55.3 Å². The average molecular weight is 364 g/mol. The van der Waals surface area contributed by atoms with E-state index in [1.807, 2.05) is 0 Å². The van der Waals surface area contributed by atoms with Crippen LogP contribution in [-0.4, -0.2) is 32.3 Å². The number of thiophene rings is 1. The fourth-order valence-electron chi connectivity index (χ4n) is 2.62. The van der Waals surface area contributed by atoms with Crippen molar-refractivity contribution in [2.24, 2.45) is 5.92 Å². The first-order valence-corrected chi connectivity index (χ1v) is 10.2. The molecule has 1 atom stereocenters. The van der Waals surface area contributed by atoms with E-state index >= 15 is 0 Å². The van der Waals surface area contributed by atoms with E-state index in [0.29, 0.717) is 17.2 Å². The molecule has 1 heterocycles. The molecule has 24 heavy (non-hydrogen) atoms. The molecular weight excluding hydrogens is 344 g/mol. The molecule has 1 aliphatic carbocycles. The Morgan fingerprint density at radius 3 is 2.67 bits per heavy atom. The van der Waals surface area contributed by atoms with Crippen LogP contribution in [0.2, 0.25) is 0 Å². The van der Waals surface area contributed by atoms with Crippen molar-refractivity contribution in [1.29, 1.82) is 0 Å². The first-order valence-electron chi connectivity index (χ1n) is 7.82. The minimum atomic E-state index is -3.61. The van der Waals surface area contributed by atoms with E-state index in [0.717, 1.165) is 11.3 Å². The predicted molar refractivity (Wildman–Crippen MR) is 95.8 cm³/mol. The molecule has 0 spiro atoms. The Labute approximate surface area is 146 Å². The second-order valence-corrected chi connectivity index (χ2v) is 8.97. The van der Waals surface area contributed by atoms with Crippen LogP contribution in [0.25, 0.3) is 0 Å². The number of benzene rings is 1. The van der Waals surface area contributed by atoms with E-state index in [2.05, 4.69) is 11.6 Å². The molecule has 0 radical (unpaired) electrons. The van der Waals surface area contributed by atoms with Gasteiger partial charge in [0.25, 0.3) is 15.9 Å². The molecule has 0 saturated heterocycles. The summed E-state index contributed by atoms with van der Waals surface area (Å²) in [6.45, 7) is 2.05. The Hall–Kier alpha value is -1.86. The summed E-state index contributed by atoms with van der Waals surface area (Å²) in [5.74, 6) is 0.492. The lowest BCUT2D eigenvalue weighted by atomic mass is 10.1. The minimum Gasteiger partial charge on any atom is -0.339 e. The maximum absolute atomic E-state index is 12.6. The lowest BCUT2D eigenvalue weighted by Gasteiger charge is -2.25. The van der Waals surface area contributed by atoms with E-state index in [9.17, 15) is 13.2 Å². The summed E-state index contributed by atoms with van der Waals surface area (Å²) >= 11 is 1.15. The lowest BCUT2D eigenvalue weighted by molar-refractivity contribution is 0.0727. The van der Waals surface area contributed by atoms with E-state index in [4.69, 9.17) is 0 Å². The molecule has 0 bridgehead atoms. The van der Waals surface area contributed by atoms with Crippen molar-refractivity contribution in [3.05, 3.63) is 47.3 Å². The summed E-state index contributed by atoms with van der Waals surface area (Å²) in [6, 6.07) is 10.1. The zero-order chi connectivity index (χ0) is 17.3. The third-order valence-corrected chi connectivity index (χ3v) is 7.14. The molecule has 0 aliphatic heterocycles. The molecule has 2 aromatic rings. The van der Waals surface area contributed by atoms with Gasteiger partial charge in [0.05, 0.1) is 0 Å². The molecule has 1 fully saturated rings. The summed E-state index contributed by atoms with van der Waals surface area (Å²) in [4.78, 5) is 14.4. The standard InChI is InChI=1S/C17H20N2O3S2/c1-12(13-8-9-13)19(2)17(20)14-5-3-6-15(11-14)18-24(21,22)16-7-4-10-23-16/h3-7,10-13,18H,8-9H2,1-2H3. The molecule has 1 aliphatic rings. The number of amides is 1. The summed E-state index contributed by atoms with van der Waals surface area (Å²) in [5, 5.41) is 1.71. The highest BCUT2D eigenvalue weighted by atomic mass is 32.2. The van der Waals surface area contributed by atoms with Crippen LogP contribution in [0.4, 0.5) is 5.69 Å². The van der Waals surface area contributed by atoms with Crippen LogP contribution < -0.4 is 4.72 Å². The Bertz CT molecular complexity index is 827. The summed E-state index contributed by atoms with van der Waals surface area (Å²) < 4.78 is 27.4. The molecule has 1 amide bonds. The summed E-state index contributed by atoms with van der Waals surface area (Å²) in [6.07, 6.45) is 2.33. The van der Waals surface area contributed by atoms with Gasteiger partial charge in [-0.25, -0.2) is 8.42 Å². The third-order valence-electron chi connectivity index (χ3n) is 4.36. The Morgan fingerprint density at radius 2 is 2.04 bits per heavy atom. The molecule has 1 aromatic carbocycles. The van der Waals surface area contributed by atoms with Gasteiger partial charge in [0.2, 0.25) is 0 Å². The Kier molecular flexibility index (Phi) is 4.64. The molecule has 128 valence electrons. The van der Waals surface area contributed by atoms with Crippen LogP contribution in [-0.2, 0) is 10.0 Å². The van der Waals surface area contributed by atoms with E-state index < -0.39 is 10.0 Å². The van der Waals surface area contributed by atoms with Gasteiger partial charge < -0.3 is 4.90 Å². The largest absolute Gasteiger partial charge is 0.339 e. The molecule has 7 heteroatoms. The smallest absolute Gasteiger partial charge is 0.271 e. The highest BCUT2D eigenvalue weighted by Crippen LogP contribution is 2.35. The van der Waals surface area contributed by atoms with Crippen molar-refractivity contribution in [3.8, 4) is 0 Å². The molecule has 1 N–H and O–H groups in total. The van der Waals surface area contributed by atoms with E-state index in [1.54, 1.807) is 53.7 Å². The first-order chi connectivity index (χ1) is 11.4. The summed E-state index contributed by atoms with van der Waals surface area (Å²) in [5.41, 5.74) is 0.873. The number of nitrogens with zero attached hydrogens (tertiary/aromatic N) is 1. The van der Waals surface area contributed by atoms with Crippen molar-refractivity contribution in [2.75, 3.05) is 11.8 Å². The fraction of sp³-hybridized carbons (Fsp3) is 0.353. The van der Waals surface area contributed by atoms with Gasteiger partial charge in [-0.1, -0.05) is 12.1 Å². The van der Waals surface area contributed by atoms with Crippen molar-refractivity contribution in [2.45, 2.75) is 30.0 Å². The number of hydrogen-bond donors (Lipinski definition) is 1. The molecule has 1 aromatic heterocycles. The molecular formula is C17H20N2O3S2. The van der Waals surface area contributed by atoms with Gasteiger partial charge in [0, 0.05) is 24.3 Å². The minimum absolute atomic E-state index is 0.0911. The molecule has 3 rings (SSSR count). The van der Waals surface area contributed by atoms with Crippen LogP contribution in [0.3, 0.4) is 0 Å². The second kappa shape index (κ2) is 6.57. The number of carbonyl (C=O) groups excluding carboxylic acids is 1. The highest BCUT2D eigenvalue weighted by molar-refractivity contribution is 7.94. The van der Waals surface area contributed by atoms with Crippen molar-refractivity contribution in [3.63, 3.8) is 0 Å². The molecule has 5 nitrogen and oxygen atoms in total. The van der Waals surface area contributed by atoms with Gasteiger partial charge in [0.15, 0.2) is 0 Å². The first kappa shape index (κ1) is 17.0. The van der Waals surface area contributed by atoms with Crippen LogP contribution in [0.5, 0.6) is 0 Å². The highest BCUT2D eigenvalue weighted by Gasteiger charge is 2.32. The van der Waals surface area contributed by atoms with Gasteiger partial charge in [-0.3, -0.25) is 9.52 Å². The Balaban J connectivity index is 1.78. The zero-order valence-electron chi connectivity index (χ0n) is 13.6. The number of anilines is 1. The second-order valence-electron chi connectivity index (χ2n) is 6.11. The number of rotatable bonds is 6. The van der Waals surface area contributed by atoms with Gasteiger partial charge in [-0.15, -0.1) is 11.3 Å². The average Bonchev–Trinajstić information content (AvgIpc) is 3.25. The maximum Gasteiger partial charge on any atom is 0.271 e. The maximum atomic E-state index is 12.6. The lowest BCUT2D eigenvalue weighted by Crippen LogP contribution is -2.36. The number of carbonyl (C=O) groups is 1.